The van der Waals surface area contributed by atoms with Crippen LogP contribution < -0.4 is 10.2 Å². The summed E-state index contributed by atoms with van der Waals surface area (Å²) in [4.78, 5) is 14.6. The monoisotopic (exact) mass is 434 g/mol. The van der Waals surface area contributed by atoms with Gasteiger partial charge >= 0.3 is 5.97 Å². The summed E-state index contributed by atoms with van der Waals surface area (Å²) in [6.45, 7) is 4.53. The summed E-state index contributed by atoms with van der Waals surface area (Å²) in [7, 11) is 1.40. The first-order valence-corrected chi connectivity index (χ1v) is 11.0. The number of nitrogens with zero attached hydrogens (tertiary/aromatic N) is 1. The van der Waals surface area contributed by atoms with E-state index in [0.29, 0.717) is 5.56 Å². The van der Waals surface area contributed by atoms with Crippen LogP contribution in [0, 0.1) is 0 Å². The summed E-state index contributed by atoms with van der Waals surface area (Å²) in [6, 6.07) is 32.8. The van der Waals surface area contributed by atoms with Gasteiger partial charge in [0, 0.05) is 16.8 Å². The fourth-order valence-corrected chi connectivity index (χ4v) is 4.67. The third-order valence-electron chi connectivity index (χ3n) is 6.35. The lowest BCUT2D eigenvalue weighted by molar-refractivity contribution is 0.0602. The Kier molecular flexibility index (Phi) is 5.14. The van der Waals surface area contributed by atoms with E-state index in [4.69, 9.17) is 4.74 Å². The molecule has 4 aromatic carbocycles. The third kappa shape index (κ3) is 3.54. The zero-order valence-electron chi connectivity index (χ0n) is 19.0. The number of para-hydroxylation sites is 3. The molecule has 0 radical (unpaired) electrons. The number of carbonyl (C=O) groups excluding carboxylic acids is 1. The number of carbonyl (C=O) groups is 1. The Labute approximate surface area is 194 Å². The van der Waals surface area contributed by atoms with E-state index in [9.17, 15) is 4.79 Å². The maximum Gasteiger partial charge on any atom is 0.339 e. The highest BCUT2D eigenvalue weighted by atomic mass is 16.5. The number of fused-ring (bicyclic) bond motifs is 2. The molecule has 0 atom stereocenters. The summed E-state index contributed by atoms with van der Waals surface area (Å²) in [5.41, 5.74) is 7.90. The number of methoxy groups -OCH3 is 1. The number of benzene rings is 4. The molecule has 1 N–H and O–H groups in total. The van der Waals surface area contributed by atoms with Crippen LogP contribution in [0.25, 0.3) is 0 Å². The van der Waals surface area contributed by atoms with Gasteiger partial charge in [0.2, 0.25) is 0 Å². The largest absolute Gasteiger partial charge is 0.465 e. The fraction of sp³-hybridized carbons (Fsp3) is 0.138. The van der Waals surface area contributed by atoms with Crippen molar-refractivity contribution in [1.82, 2.24) is 0 Å². The molecule has 0 amide bonds. The quantitative estimate of drug-likeness (QED) is 0.342. The lowest BCUT2D eigenvalue weighted by Gasteiger charge is -2.42. The summed E-state index contributed by atoms with van der Waals surface area (Å²) < 4.78 is 4.95. The molecule has 164 valence electrons. The van der Waals surface area contributed by atoms with E-state index in [0.717, 1.165) is 22.7 Å². The molecule has 0 bridgehead atoms. The van der Waals surface area contributed by atoms with Crippen molar-refractivity contribution in [3.8, 4) is 0 Å². The predicted molar refractivity (Wildman–Crippen MR) is 134 cm³/mol. The minimum absolute atomic E-state index is 0.198. The maximum atomic E-state index is 12.2. The molecule has 33 heavy (non-hydrogen) atoms. The second-order valence-electron chi connectivity index (χ2n) is 8.71. The zero-order chi connectivity index (χ0) is 23.0. The predicted octanol–water partition coefficient (Wildman–Crippen LogP) is 7.33. The van der Waals surface area contributed by atoms with Crippen LogP contribution in [0.5, 0.6) is 0 Å². The highest BCUT2D eigenvalue weighted by Crippen LogP contribution is 2.52. The molecule has 5 rings (SSSR count). The number of nitrogens with one attached hydrogen (secondary N) is 1. The van der Waals surface area contributed by atoms with E-state index < -0.39 is 0 Å². The molecule has 0 saturated heterocycles. The molecule has 0 saturated carbocycles. The normalized spacial score (nSPS) is 13.6. The van der Waals surface area contributed by atoms with Gasteiger partial charge in [-0.2, -0.15) is 0 Å². The van der Waals surface area contributed by atoms with E-state index in [-0.39, 0.29) is 11.4 Å². The first-order valence-electron chi connectivity index (χ1n) is 11.0. The Balaban J connectivity index is 1.64. The molecule has 0 unspecified atom stereocenters. The van der Waals surface area contributed by atoms with Crippen molar-refractivity contribution < 1.29 is 9.53 Å². The molecular weight excluding hydrogens is 408 g/mol. The average molecular weight is 435 g/mol. The summed E-state index contributed by atoms with van der Waals surface area (Å²) >= 11 is 0. The molecule has 0 aromatic heterocycles. The highest BCUT2D eigenvalue weighted by Gasteiger charge is 2.36. The minimum atomic E-state index is -0.361. The van der Waals surface area contributed by atoms with Gasteiger partial charge in [-0.05, 0) is 59.7 Å². The number of rotatable bonds is 4. The van der Waals surface area contributed by atoms with Crippen LogP contribution in [0.3, 0.4) is 0 Å². The number of anilines is 5. The van der Waals surface area contributed by atoms with Crippen LogP contribution in [0.15, 0.2) is 97.1 Å². The van der Waals surface area contributed by atoms with Crippen LogP contribution in [-0.2, 0) is 10.2 Å². The molecule has 4 heteroatoms. The molecule has 0 spiro atoms. The van der Waals surface area contributed by atoms with Gasteiger partial charge in [-0.15, -0.1) is 0 Å². The van der Waals surface area contributed by atoms with Crippen molar-refractivity contribution in [2.45, 2.75) is 19.3 Å². The van der Waals surface area contributed by atoms with Crippen molar-refractivity contribution in [3.05, 3.63) is 114 Å². The number of hydrogen-bond acceptors (Lipinski definition) is 4. The van der Waals surface area contributed by atoms with Gasteiger partial charge in [0.25, 0.3) is 0 Å². The van der Waals surface area contributed by atoms with Crippen molar-refractivity contribution >= 4 is 34.4 Å². The lowest BCUT2D eigenvalue weighted by Crippen LogP contribution is -2.30. The first-order chi connectivity index (χ1) is 16.0. The summed E-state index contributed by atoms with van der Waals surface area (Å²) in [6.07, 6.45) is 0. The molecule has 1 aliphatic heterocycles. The van der Waals surface area contributed by atoms with E-state index in [1.165, 1.54) is 23.9 Å². The lowest BCUT2D eigenvalue weighted by atomic mass is 9.73. The van der Waals surface area contributed by atoms with Crippen LogP contribution in [0.2, 0.25) is 0 Å². The molecule has 0 aliphatic carbocycles. The van der Waals surface area contributed by atoms with Crippen LogP contribution in [-0.4, -0.2) is 13.1 Å². The smallest absolute Gasteiger partial charge is 0.339 e. The first kappa shape index (κ1) is 20.8. The molecule has 4 aromatic rings. The van der Waals surface area contributed by atoms with Gasteiger partial charge in [-0.3, -0.25) is 0 Å². The Bertz CT molecular complexity index is 1330. The molecular formula is C29H26N2O2. The zero-order valence-corrected chi connectivity index (χ0v) is 19.0. The number of ether oxygens (including phenoxy) is 1. The summed E-state index contributed by atoms with van der Waals surface area (Å²) in [5, 5.41) is 3.43. The van der Waals surface area contributed by atoms with Crippen molar-refractivity contribution in [2.75, 3.05) is 17.3 Å². The average Bonchev–Trinajstić information content (AvgIpc) is 2.85. The Hall–Kier alpha value is -4.05. The van der Waals surface area contributed by atoms with Crippen molar-refractivity contribution in [3.63, 3.8) is 0 Å². The SMILES string of the molecule is COC(=O)c1ccccc1Nc1ccc2c(c1)C(C)(C)c1ccccc1N2c1ccccc1. The third-order valence-corrected chi connectivity index (χ3v) is 6.35. The van der Waals surface area contributed by atoms with E-state index in [1.54, 1.807) is 6.07 Å². The van der Waals surface area contributed by atoms with Gasteiger partial charge in [-0.25, -0.2) is 4.79 Å². The Morgan fingerprint density at radius 3 is 2.24 bits per heavy atom. The maximum absolute atomic E-state index is 12.2. The van der Waals surface area contributed by atoms with Gasteiger partial charge in [-0.1, -0.05) is 62.4 Å². The Morgan fingerprint density at radius 2 is 1.45 bits per heavy atom. The second kappa shape index (κ2) is 8.14. The highest BCUT2D eigenvalue weighted by molar-refractivity contribution is 5.96. The topological polar surface area (TPSA) is 41.6 Å². The van der Waals surface area contributed by atoms with Crippen LogP contribution >= 0.6 is 0 Å². The van der Waals surface area contributed by atoms with Gasteiger partial charge < -0.3 is 15.0 Å². The summed E-state index contributed by atoms with van der Waals surface area (Å²) in [5.74, 6) is -0.361. The second-order valence-corrected chi connectivity index (χ2v) is 8.71. The standard InChI is InChI=1S/C29H26N2O2/c1-29(2)23-14-8-10-16-26(23)31(21-11-5-4-6-12-21)27-18-17-20(19-24(27)29)30-25-15-9-7-13-22(25)28(32)33-3/h4-19,30H,1-3H3. The minimum Gasteiger partial charge on any atom is -0.465 e. The van der Waals surface area contributed by atoms with Crippen molar-refractivity contribution in [2.24, 2.45) is 0 Å². The van der Waals surface area contributed by atoms with Gasteiger partial charge in [0.1, 0.15) is 0 Å². The molecule has 0 fully saturated rings. The van der Waals surface area contributed by atoms with E-state index in [2.05, 4.69) is 90.8 Å². The Morgan fingerprint density at radius 1 is 0.788 bits per heavy atom. The molecule has 4 nitrogen and oxygen atoms in total. The molecule has 1 heterocycles. The molecule has 1 aliphatic rings. The van der Waals surface area contributed by atoms with E-state index in [1.807, 2.05) is 24.3 Å². The van der Waals surface area contributed by atoms with Gasteiger partial charge in [0.15, 0.2) is 0 Å². The van der Waals surface area contributed by atoms with Crippen LogP contribution in [0.4, 0.5) is 28.4 Å². The van der Waals surface area contributed by atoms with Crippen LogP contribution in [0.1, 0.15) is 35.3 Å². The van der Waals surface area contributed by atoms with Crippen molar-refractivity contribution in [1.29, 1.82) is 0 Å². The number of hydrogen-bond donors (Lipinski definition) is 1. The van der Waals surface area contributed by atoms with Gasteiger partial charge in [0.05, 0.1) is 29.7 Å². The number of esters is 1. The van der Waals surface area contributed by atoms with E-state index >= 15 is 0 Å². The fourth-order valence-electron chi connectivity index (χ4n) is 4.67.